The number of hydrogen-bond donors (Lipinski definition) is 1. The summed E-state index contributed by atoms with van der Waals surface area (Å²) in [5.41, 5.74) is 6.37. The number of rotatable bonds is 5. The molecule has 0 aromatic heterocycles. The third-order valence-electron chi connectivity index (χ3n) is 3.24. The molecule has 19 heavy (non-hydrogen) atoms. The molecule has 0 saturated carbocycles. The van der Waals surface area contributed by atoms with E-state index in [0.29, 0.717) is 42.7 Å². The first kappa shape index (κ1) is 13.9. The topological polar surface area (TPSA) is 61.6 Å². The van der Waals surface area contributed by atoms with Crippen molar-refractivity contribution in [2.75, 3.05) is 19.8 Å². The average Bonchev–Trinajstić information content (AvgIpc) is 2.43. The molecule has 1 aliphatic heterocycles. The number of carbonyl (C=O) groups is 1. The van der Waals surface area contributed by atoms with Crippen LogP contribution in [-0.4, -0.2) is 25.5 Å². The number of benzene rings is 1. The Hall–Kier alpha value is -1.55. The number of ketones is 1. The summed E-state index contributed by atoms with van der Waals surface area (Å²) in [4.78, 5) is 12.4. The highest BCUT2D eigenvalue weighted by Crippen LogP contribution is 2.31. The summed E-state index contributed by atoms with van der Waals surface area (Å²) in [5, 5.41) is 0. The summed E-state index contributed by atoms with van der Waals surface area (Å²) in [5.74, 6) is 1.78. The normalized spacial score (nSPS) is 15.4. The van der Waals surface area contributed by atoms with Crippen molar-refractivity contribution in [1.82, 2.24) is 0 Å². The van der Waals surface area contributed by atoms with E-state index in [1.165, 1.54) is 0 Å². The molecule has 0 amide bonds. The van der Waals surface area contributed by atoms with Crippen LogP contribution in [0.5, 0.6) is 11.5 Å². The average molecular weight is 263 g/mol. The van der Waals surface area contributed by atoms with Crippen LogP contribution in [0.3, 0.4) is 0 Å². The molecule has 4 heteroatoms. The van der Waals surface area contributed by atoms with E-state index in [9.17, 15) is 4.79 Å². The Labute approximate surface area is 113 Å². The second kappa shape index (κ2) is 6.06. The SMILES string of the molecule is CC(C)CC(CN)C(=O)c1ccc2c(c1)OCCO2. The molecule has 0 radical (unpaired) electrons. The fourth-order valence-electron chi connectivity index (χ4n) is 2.31. The molecule has 4 nitrogen and oxygen atoms in total. The van der Waals surface area contributed by atoms with E-state index in [1.807, 2.05) is 0 Å². The summed E-state index contributed by atoms with van der Waals surface area (Å²) in [6.07, 6.45) is 0.809. The van der Waals surface area contributed by atoms with E-state index in [1.54, 1.807) is 18.2 Å². The first-order chi connectivity index (χ1) is 9.11. The van der Waals surface area contributed by atoms with Gasteiger partial charge in [-0.05, 0) is 30.5 Å². The summed E-state index contributed by atoms with van der Waals surface area (Å²) in [6, 6.07) is 5.35. The summed E-state index contributed by atoms with van der Waals surface area (Å²) < 4.78 is 10.9. The summed E-state index contributed by atoms with van der Waals surface area (Å²) in [7, 11) is 0. The van der Waals surface area contributed by atoms with Gasteiger partial charge in [0.05, 0.1) is 0 Å². The van der Waals surface area contributed by atoms with Crippen LogP contribution in [0.1, 0.15) is 30.6 Å². The molecular formula is C15H21NO3. The molecule has 0 spiro atoms. The molecule has 1 unspecified atom stereocenters. The maximum atomic E-state index is 12.4. The minimum absolute atomic E-state index is 0.0909. The predicted molar refractivity (Wildman–Crippen MR) is 73.8 cm³/mol. The summed E-state index contributed by atoms with van der Waals surface area (Å²) in [6.45, 7) is 5.65. The van der Waals surface area contributed by atoms with Gasteiger partial charge in [0.15, 0.2) is 17.3 Å². The van der Waals surface area contributed by atoms with Gasteiger partial charge < -0.3 is 15.2 Å². The third-order valence-corrected chi connectivity index (χ3v) is 3.24. The van der Waals surface area contributed by atoms with Crippen LogP contribution >= 0.6 is 0 Å². The highest BCUT2D eigenvalue weighted by molar-refractivity contribution is 5.98. The van der Waals surface area contributed by atoms with Crippen LogP contribution < -0.4 is 15.2 Å². The van der Waals surface area contributed by atoms with Crippen molar-refractivity contribution in [3.63, 3.8) is 0 Å². The Bertz CT molecular complexity index is 457. The lowest BCUT2D eigenvalue weighted by atomic mass is 9.89. The van der Waals surface area contributed by atoms with Crippen LogP contribution in [0.4, 0.5) is 0 Å². The van der Waals surface area contributed by atoms with Gasteiger partial charge in [0.1, 0.15) is 13.2 Å². The van der Waals surface area contributed by atoms with Crippen molar-refractivity contribution in [2.24, 2.45) is 17.6 Å². The van der Waals surface area contributed by atoms with Crippen molar-refractivity contribution in [3.8, 4) is 11.5 Å². The number of ether oxygens (including phenoxy) is 2. The number of carbonyl (C=O) groups excluding carboxylic acids is 1. The Morgan fingerprint density at radius 2 is 1.95 bits per heavy atom. The second-order valence-electron chi connectivity index (χ2n) is 5.28. The van der Waals surface area contributed by atoms with E-state index in [4.69, 9.17) is 15.2 Å². The fraction of sp³-hybridized carbons (Fsp3) is 0.533. The molecule has 0 fully saturated rings. The quantitative estimate of drug-likeness (QED) is 0.828. The molecule has 1 atom stereocenters. The van der Waals surface area contributed by atoms with Gasteiger partial charge in [-0.2, -0.15) is 0 Å². The molecule has 104 valence electrons. The highest BCUT2D eigenvalue weighted by Gasteiger charge is 2.22. The third kappa shape index (κ3) is 3.26. The van der Waals surface area contributed by atoms with Gasteiger partial charge in [-0.1, -0.05) is 13.8 Å². The van der Waals surface area contributed by atoms with Gasteiger partial charge in [0, 0.05) is 18.0 Å². The van der Waals surface area contributed by atoms with E-state index in [-0.39, 0.29) is 11.7 Å². The molecule has 2 rings (SSSR count). The lowest BCUT2D eigenvalue weighted by Crippen LogP contribution is -2.25. The van der Waals surface area contributed by atoms with Gasteiger partial charge in [0.2, 0.25) is 0 Å². The second-order valence-corrected chi connectivity index (χ2v) is 5.28. The molecule has 2 N–H and O–H groups in total. The minimum Gasteiger partial charge on any atom is -0.486 e. The molecular weight excluding hydrogens is 242 g/mol. The molecule has 1 aromatic rings. The standard InChI is InChI=1S/C15H21NO3/c1-10(2)7-12(9-16)15(17)11-3-4-13-14(8-11)19-6-5-18-13/h3-4,8,10,12H,5-7,9,16H2,1-2H3. The van der Waals surface area contributed by atoms with Crippen LogP contribution in [0, 0.1) is 11.8 Å². The van der Waals surface area contributed by atoms with Crippen molar-refractivity contribution in [1.29, 1.82) is 0 Å². The van der Waals surface area contributed by atoms with Crippen molar-refractivity contribution >= 4 is 5.78 Å². The van der Waals surface area contributed by atoms with Crippen LogP contribution in [0.15, 0.2) is 18.2 Å². The van der Waals surface area contributed by atoms with Gasteiger partial charge in [0.25, 0.3) is 0 Å². The Kier molecular flexibility index (Phi) is 4.43. The zero-order chi connectivity index (χ0) is 13.8. The summed E-state index contributed by atoms with van der Waals surface area (Å²) >= 11 is 0. The van der Waals surface area contributed by atoms with Gasteiger partial charge in [-0.25, -0.2) is 0 Å². The first-order valence-electron chi connectivity index (χ1n) is 6.75. The van der Waals surface area contributed by atoms with Gasteiger partial charge in [-0.3, -0.25) is 4.79 Å². The Balaban J connectivity index is 2.18. The maximum Gasteiger partial charge on any atom is 0.167 e. The number of Topliss-reactive ketones (excluding diaryl/α,β-unsaturated/α-hetero) is 1. The monoisotopic (exact) mass is 263 g/mol. The smallest absolute Gasteiger partial charge is 0.167 e. The predicted octanol–water partition coefficient (Wildman–Crippen LogP) is 2.26. The maximum absolute atomic E-state index is 12.4. The van der Waals surface area contributed by atoms with E-state index in [0.717, 1.165) is 6.42 Å². The lowest BCUT2D eigenvalue weighted by Gasteiger charge is -2.20. The van der Waals surface area contributed by atoms with E-state index >= 15 is 0 Å². The van der Waals surface area contributed by atoms with Crippen LogP contribution in [0.25, 0.3) is 0 Å². The van der Waals surface area contributed by atoms with Gasteiger partial charge in [-0.15, -0.1) is 0 Å². The molecule has 0 bridgehead atoms. The Morgan fingerprint density at radius 1 is 1.26 bits per heavy atom. The van der Waals surface area contributed by atoms with E-state index < -0.39 is 0 Å². The van der Waals surface area contributed by atoms with Gasteiger partial charge >= 0.3 is 0 Å². The Morgan fingerprint density at radius 3 is 2.58 bits per heavy atom. The van der Waals surface area contributed by atoms with Crippen molar-refractivity contribution in [2.45, 2.75) is 20.3 Å². The molecule has 0 saturated heterocycles. The number of fused-ring (bicyclic) bond motifs is 1. The number of nitrogens with two attached hydrogens (primary N) is 1. The van der Waals surface area contributed by atoms with Crippen molar-refractivity contribution < 1.29 is 14.3 Å². The zero-order valence-corrected chi connectivity index (χ0v) is 11.5. The lowest BCUT2D eigenvalue weighted by molar-refractivity contribution is 0.0907. The number of hydrogen-bond acceptors (Lipinski definition) is 4. The molecule has 0 aliphatic carbocycles. The largest absolute Gasteiger partial charge is 0.486 e. The molecule has 1 heterocycles. The van der Waals surface area contributed by atoms with Crippen LogP contribution in [-0.2, 0) is 0 Å². The highest BCUT2D eigenvalue weighted by atomic mass is 16.6. The molecule has 1 aromatic carbocycles. The van der Waals surface area contributed by atoms with Crippen LogP contribution in [0.2, 0.25) is 0 Å². The first-order valence-corrected chi connectivity index (χ1v) is 6.75. The minimum atomic E-state index is -0.123. The van der Waals surface area contributed by atoms with Crippen molar-refractivity contribution in [3.05, 3.63) is 23.8 Å². The fourth-order valence-corrected chi connectivity index (χ4v) is 2.31. The zero-order valence-electron chi connectivity index (χ0n) is 11.5. The van der Waals surface area contributed by atoms with E-state index in [2.05, 4.69) is 13.8 Å². The molecule has 1 aliphatic rings.